The molecular weight excluding hydrogens is 297 g/mol. The highest BCUT2D eigenvalue weighted by Crippen LogP contribution is 2.29. The summed E-state index contributed by atoms with van der Waals surface area (Å²) in [4.78, 5) is 12.9. The first-order chi connectivity index (χ1) is 10.3. The van der Waals surface area contributed by atoms with E-state index in [-0.39, 0.29) is 5.76 Å². The molecule has 2 rings (SSSR count). The van der Waals surface area contributed by atoms with Crippen molar-refractivity contribution in [3.05, 3.63) is 48.4 Å². The molecule has 0 aliphatic rings. The summed E-state index contributed by atoms with van der Waals surface area (Å²) >= 11 is 0. The third-order valence-electron chi connectivity index (χ3n) is 2.73. The fourth-order valence-electron chi connectivity index (χ4n) is 1.79. The summed E-state index contributed by atoms with van der Waals surface area (Å²) in [5.74, 6) is -2.20. The number of carbonyl (C=O) groups excluding carboxylic acids is 1. The van der Waals surface area contributed by atoms with Crippen LogP contribution in [0.15, 0.2) is 47.1 Å². The van der Waals surface area contributed by atoms with Crippen molar-refractivity contribution < 1.29 is 22.5 Å². The standard InChI is InChI=1S/C15H13F3N2O2/c1-20(2)9-11(14(21)15(16,17)18)13-8-12(19-22-13)10-6-4-3-5-7-10/h3-9H,1-2H3. The molecule has 0 amide bonds. The van der Waals surface area contributed by atoms with E-state index in [0.29, 0.717) is 11.3 Å². The third kappa shape index (κ3) is 3.55. The average Bonchev–Trinajstić information content (AvgIpc) is 2.93. The van der Waals surface area contributed by atoms with Gasteiger partial charge in [-0.15, -0.1) is 0 Å². The zero-order chi connectivity index (χ0) is 16.3. The fourth-order valence-corrected chi connectivity index (χ4v) is 1.79. The second kappa shape index (κ2) is 6.05. The normalized spacial score (nSPS) is 12.3. The van der Waals surface area contributed by atoms with E-state index in [1.165, 1.54) is 25.1 Å². The molecule has 1 aromatic heterocycles. The molecule has 0 unspecified atom stereocenters. The first-order valence-corrected chi connectivity index (χ1v) is 6.31. The highest BCUT2D eigenvalue weighted by molar-refractivity contribution is 6.22. The number of carbonyl (C=O) groups is 1. The van der Waals surface area contributed by atoms with Crippen LogP contribution in [0.2, 0.25) is 0 Å². The Morgan fingerprint density at radius 3 is 2.41 bits per heavy atom. The number of rotatable bonds is 4. The van der Waals surface area contributed by atoms with Gasteiger partial charge in [-0.25, -0.2) is 0 Å². The Kier molecular flexibility index (Phi) is 4.35. The van der Waals surface area contributed by atoms with Gasteiger partial charge in [0.15, 0.2) is 5.76 Å². The summed E-state index contributed by atoms with van der Waals surface area (Å²) in [5, 5.41) is 3.73. The molecule has 1 aromatic carbocycles. The van der Waals surface area contributed by atoms with Crippen molar-refractivity contribution in [2.75, 3.05) is 14.1 Å². The van der Waals surface area contributed by atoms with Gasteiger partial charge < -0.3 is 9.42 Å². The van der Waals surface area contributed by atoms with Crippen molar-refractivity contribution in [1.82, 2.24) is 10.1 Å². The number of Topliss-reactive ketones (excluding diaryl/α,β-unsaturated/α-hetero) is 1. The molecule has 0 fully saturated rings. The SMILES string of the molecule is CN(C)C=C(C(=O)C(F)(F)F)c1cc(-c2ccccc2)no1. The zero-order valence-electron chi connectivity index (χ0n) is 11.9. The van der Waals surface area contributed by atoms with Gasteiger partial charge in [0.2, 0.25) is 0 Å². The van der Waals surface area contributed by atoms with Crippen molar-refractivity contribution in [2.45, 2.75) is 6.18 Å². The predicted molar refractivity (Wildman–Crippen MR) is 74.7 cm³/mol. The topological polar surface area (TPSA) is 46.3 Å². The van der Waals surface area contributed by atoms with Crippen LogP contribution in [0.3, 0.4) is 0 Å². The quantitative estimate of drug-likeness (QED) is 0.812. The number of hydrogen-bond acceptors (Lipinski definition) is 4. The summed E-state index contributed by atoms with van der Waals surface area (Å²) < 4.78 is 43.0. The molecular formula is C15H13F3N2O2. The Morgan fingerprint density at radius 1 is 1.23 bits per heavy atom. The van der Waals surface area contributed by atoms with Gasteiger partial charge >= 0.3 is 6.18 Å². The van der Waals surface area contributed by atoms with Crippen molar-refractivity contribution in [2.24, 2.45) is 0 Å². The third-order valence-corrected chi connectivity index (χ3v) is 2.73. The van der Waals surface area contributed by atoms with Gasteiger partial charge in [-0.1, -0.05) is 35.5 Å². The second-order valence-corrected chi connectivity index (χ2v) is 4.78. The molecule has 0 N–H and O–H groups in total. The zero-order valence-corrected chi connectivity index (χ0v) is 11.9. The molecule has 0 spiro atoms. The summed E-state index contributed by atoms with van der Waals surface area (Å²) in [5.41, 5.74) is 0.448. The van der Waals surface area contributed by atoms with Gasteiger partial charge in [-0.3, -0.25) is 4.79 Å². The first kappa shape index (κ1) is 15.8. The molecule has 7 heteroatoms. The molecule has 22 heavy (non-hydrogen) atoms. The minimum absolute atomic E-state index is 0.227. The second-order valence-electron chi connectivity index (χ2n) is 4.78. The smallest absolute Gasteiger partial charge is 0.383 e. The lowest BCUT2D eigenvalue weighted by Crippen LogP contribution is -2.24. The lowest BCUT2D eigenvalue weighted by molar-refractivity contribution is -0.164. The lowest BCUT2D eigenvalue weighted by atomic mass is 10.1. The van der Waals surface area contributed by atoms with Crippen LogP contribution in [-0.4, -0.2) is 36.1 Å². The van der Waals surface area contributed by atoms with E-state index in [0.717, 1.165) is 6.20 Å². The molecule has 0 radical (unpaired) electrons. The van der Waals surface area contributed by atoms with Gasteiger partial charge in [-0.2, -0.15) is 13.2 Å². The maximum atomic E-state index is 12.7. The monoisotopic (exact) mass is 310 g/mol. The molecule has 0 aliphatic heterocycles. The summed E-state index contributed by atoms with van der Waals surface area (Å²) in [7, 11) is 3.02. The Labute approximate surface area is 124 Å². The van der Waals surface area contributed by atoms with Crippen molar-refractivity contribution in [3.63, 3.8) is 0 Å². The first-order valence-electron chi connectivity index (χ1n) is 6.31. The number of halogens is 3. The molecule has 116 valence electrons. The van der Waals surface area contributed by atoms with Crippen LogP contribution in [0.5, 0.6) is 0 Å². The summed E-state index contributed by atoms with van der Waals surface area (Å²) in [6, 6.07) is 10.1. The van der Waals surface area contributed by atoms with E-state index in [2.05, 4.69) is 5.16 Å². The molecule has 2 aromatic rings. The largest absolute Gasteiger partial charge is 0.455 e. The van der Waals surface area contributed by atoms with Crippen LogP contribution in [-0.2, 0) is 4.79 Å². The van der Waals surface area contributed by atoms with Crippen molar-refractivity contribution in [3.8, 4) is 11.3 Å². The highest BCUT2D eigenvalue weighted by Gasteiger charge is 2.42. The maximum Gasteiger partial charge on any atom is 0.455 e. The van der Waals surface area contributed by atoms with Crippen LogP contribution in [0.1, 0.15) is 5.76 Å². The van der Waals surface area contributed by atoms with Gasteiger partial charge in [0, 0.05) is 31.9 Å². The number of ketones is 1. The Morgan fingerprint density at radius 2 is 1.86 bits per heavy atom. The highest BCUT2D eigenvalue weighted by atomic mass is 19.4. The van der Waals surface area contributed by atoms with Gasteiger partial charge in [0.1, 0.15) is 5.69 Å². The fraction of sp³-hybridized carbons (Fsp3) is 0.200. The molecule has 0 saturated carbocycles. The minimum Gasteiger partial charge on any atom is -0.383 e. The van der Waals surface area contributed by atoms with E-state index < -0.39 is 17.5 Å². The van der Waals surface area contributed by atoms with Gasteiger partial charge in [-0.05, 0) is 0 Å². The van der Waals surface area contributed by atoms with E-state index in [1.807, 2.05) is 0 Å². The Hall–Kier alpha value is -2.57. The average molecular weight is 310 g/mol. The molecule has 4 nitrogen and oxygen atoms in total. The molecule has 0 bridgehead atoms. The number of allylic oxidation sites excluding steroid dienone is 1. The number of hydrogen-bond donors (Lipinski definition) is 0. The van der Waals surface area contributed by atoms with Crippen LogP contribution >= 0.6 is 0 Å². The summed E-state index contributed by atoms with van der Waals surface area (Å²) in [6.45, 7) is 0. The number of benzene rings is 1. The van der Waals surface area contributed by atoms with Gasteiger partial charge in [0.05, 0.1) is 5.57 Å². The van der Waals surface area contributed by atoms with Crippen LogP contribution in [0.4, 0.5) is 13.2 Å². The predicted octanol–water partition coefficient (Wildman–Crippen LogP) is 3.38. The number of aromatic nitrogens is 1. The number of nitrogens with zero attached hydrogens (tertiary/aromatic N) is 2. The van der Waals surface area contributed by atoms with Crippen LogP contribution < -0.4 is 0 Å². The van der Waals surface area contributed by atoms with Crippen LogP contribution in [0.25, 0.3) is 16.8 Å². The Balaban J connectivity index is 2.42. The van der Waals surface area contributed by atoms with E-state index in [4.69, 9.17) is 4.52 Å². The van der Waals surface area contributed by atoms with Crippen molar-refractivity contribution in [1.29, 1.82) is 0 Å². The van der Waals surface area contributed by atoms with Gasteiger partial charge in [0.25, 0.3) is 5.78 Å². The Bertz CT molecular complexity index is 688. The molecule has 0 aliphatic carbocycles. The molecule has 1 heterocycles. The van der Waals surface area contributed by atoms with E-state index in [1.54, 1.807) is 30.3 Å². The summed E-state index contributed by atoms with van der Waals surface area (Å²) in [6.07, 6.45) is -3.92. The van der Waals surface area contributed by atoms with E-state index >= 15 is 0 Å². The van der Waals surface area contributed by atoms with Crippen molar-refractivity contribution >= 4 is 11.4 Å². The molecule has 0 saturated heterocycles. The number of alkyl halides is 3. The maximum absolute atomic E-state index is 12.7. The molecule has 0 atom stereocenters. The lowest BCUT2D eigenvalue weighted by Gasteiger charge is -2.10. The minimum atomic E-state index is -4.98. The van der Waals surface area contributed by atoms with E-state index in [9.17, 15) is 18.0 Å². The van der Waals surface area contributed by atoms with Crippen LogP contribution in [0, 0.1) is 0 Å².